The number of carbonyl (C=O) groups excluding carboxylic acids is 1. The van der Waals surface area contributed by atoms with E-state index in [1.807, 2.05) is 64.1 Å². The molecule has 0 aliphatic carbocycles. The summed E-state index contributed by atoms with van der Waals surface area (Å²) in [6, 6.07) is 11.9. The van der Waals surface area contributed by atoms with Gasteiger partial charge in [-0.15, -0.1) is 0 Å². The van der Waals surface area contributed by atoms with E-state index in [-0.39, 0.29) is 11.9 Å². The van der Waals surface area contributed by atoms with Gasteiger partial charge in [0.1, 0.15) is 11.8 Å². The van der Waals surface area contributed by atoms with E-state index in [1.165, 1.54) is 4.31 Å². The first-order valence-corrected chi connectivity index (χ1v) is 11.5. The average Bonchev–Trinajstić information content (AvgIpc) is 2.64. The van der Waals surface area contributed by atoms with Crippen LogP contribution in [0.15, 0.2) is 42.5 Å². The van der Waals surface area contributed by atoms with E-state index in [0.717, 1.165) is 28.7 Å². The molecule has 1 amide bonds. The van der Waals surface area contributed by atoms with Crippen LogP contribution < -0.4 is 14.4 Å². The molecule has 0 aromatic heterocycles. The summed E-state index contributed by atoms with van der Waals surface area (Å²) in [5.41, 5.74) is 3.14. The number of nitrogens with one attached hydrogen (secondary N) is 1. The third-order valence-corrected chi connectivity index (χ3v) is 5.97. The van der Waals surface area contributed by atoms with E-state index in [0.29, 0.717) is 12.3 Å². The first-order chi connectivity index (χ1) is 13.5. The van der Waals surface area contributed by atoms with Gasteiger partial charge < -0.3 is 10.1 Å². The van der Waals surface area contributed by atoms with Crippen molar-refractivity contribution in [1.29, 1.82) is 0 Å². The summed E-state index contributed by atoms with van der Waals surface area (Å²) >= 11 is 0. The standard InChI is InChI=1S/C22H30N2O4S/c1-7-28-20-12-10-19(11-13-20)17(4)23-22(25)18(5)24(29(6,26)27)21-14-15(2)8-9-16(21)3/h8-14,17-18H,7H2,1-6H3,(H,23,25)/t17-,18+/m0/s1. The molecule has 0 saturated heterocycles. The van der Waals surface area contributed by atoms with Crippen LogP contribution in [-0.2, 0) is 14.8 Å². The van der Waals surface area contributed by atoms with Crippen LogP contribution in [-0.4, -0.2) is 33.2 Å². The Bertz CT molecular complexity index is 955. The monoisotopic (exact) mass is 418 g/mol. The smallest absolute Gasteiger partial charge is 0.244 e. The second-order valence-corrected chi connectivity index (χ2v) is 9.12. The summed E-state index contributed by atoms with van der Waals surface area (Å²) in [6.07, 6.45) is 1.12. The number of sulfonamides is 1. The first-order valence-electron chi connectivity index (χ1n) is 9.64. The minimum absolute atomic E-state index is 0.277. The van der Waals surface area contributed by atoms with E-state index in [4.69, 9.17) is 4.74 Å². The molecule has 0 bridgehead atoms. The highest BCUT2D eigenvalue weighted by molar-refractivity contribution is 7.92. The molecular formula is C22H30N2O4S. The van der Waals surface area contributed by atoms with E-state index >= 15 is 0 Å². The molecule has 2 aromatic carbocycles. The number of anilines is 1. The Hall–Kier alpha value is -2.54. The molecule has 7 heteroatoms. The van der Waals surface area contributed by atoms with Crippen molar-refractivity contribution >= 4 is 21.6 Å². The number of amides is 1. The van der Waals surface area contributed by atoms with Crippen LogP contribution in [0.4, 0.5) is 5.69 Å². The van der Waals surface area contributed by atoms with E-state index in [9.17, 15) is 13.2 Å². The summed E-state index contributed by atoms with van der Waals surface area (Å²) in [4.78, 5) is 12.9. The van der Waals surface area contributed by atoms with Gasteiger partial charge in [-0.2, -0.15) is 0 Å². The van der Waals surface area contributed by atoms with Gasteiger partial charge in [0.2, 0.25) is 15.9 Å². The van der Waals surface area contributed by atoms with Crippen molar-refractivity contribution in [2.45, 2.75) is 46.7 Å². The van der Waals surface area contributed by atoms with Crippen molar-refractivity contribution in [3.05, 3.63) is 59.2 Å². The zero-order chi connectivity index (χ0) is 21.8. The third kappa shape index (κ3) is 5.73. The molecule has 2 atom stereocenters. The number of rotatable bonds is 8. The maximum absolute atomic E-state index is 12.9. The van der Waals surface area contributed by atoms with Crippen molar-refractivity contribution in [3.8, 4) is 5.75 Å². The zero-order valence-electron chi connectivity index (χ0n) is 17.9. The predicted molar refractivity (Wildman–Crippen MR) is 117 cm³/mol. The molecule has 0 radical (unpaired) electrons. The molecule has 0 aliphatic heterocycles. The fourth-order valence-electron chi connectivity index (χ4n) is 3.17. The van der Waals surface area contributed by atoms with Crippen LogP contribution in [0.3, 0.4) is 0 Å². The Labute approximate surface area is 173 Å². The Balaban J connectivity index is 2.24. The molecule has 2 rings (SSSR count). The maximum Gasteiger partial charge on any atom is 0.244 e. The Morgan fingerprint density at radius 2 is 1.72 bits per heavy atom. The quantitative estimate of drug-likeness (QED) is 0.709. The summed E-state index contributed by atoms with van der Waals surface area (Å²) in [5.74, 6) is 0.402. The fraction of sp³-hybridized carbons (Fsp3) is 0.409. The number of carbonyl (C=O) groups is 1. The lowest BCUT2D eigenvalue weighted by molar-refractivity contribution is -0.122. The average molecular weight is 419 g/mol. The van der Waals surface area contributed by atoms with Crippen LogP contribution in [0.2, 0.25) is 0 Å². The first kappa shape index (κ1) is 22.7. The molecule has 0 heterocycles. The van der Waals surface area contributed by atoms with Crippen LogP contribution in [0.5, 0.6) is 5.75 Å². The van der Waals surface area contributed by atoms with Gasteiger partial charge in [-0.25, -0.2) is 8.42 Å². The molecule has 6 nitrogen and oxygen atoms in total. The summed E-state index contributed by atoms with van der Waals surface area (Å²) in [7, 11) is -3.66. The lowest BCUT2D eigenvalue weighted by Crippen LogP contribution is -2.48. The lowest BCUT2D eigenvalue weighted by Gasteiger charge is -2.30. The molecular weight excluding hydrogens is 388 g/mol. The number of benzene rings is 2. The van der Waals surface area contributed by atoms with Crippen LogP contribution in [0.25, 0.3) is 0 Å². The summed E-state index contributed by atoms with van der Waals surface area (Å²) in [5, 5.41) is 2.92. The number of nitrogens with zero attached hydrogens (tertiary/aromatic N) is 1. The minimum atomic E-state index is -3.66. The van der Waals surface area contributed by atoms with Crippen LogP contribution >= 0.6 is 0 Å². The molecule has 0 saturated carbocycles. The van der Waals surface area contributed by atoms with E-state index < -0.39 is 16.1 Å². The molecule has 158 valence electrons. The zero-order valence-corrected chi connectivity index (χ0v) is 18.7. The van der Waals surface area contributed by atoms with E-state index in [1.54, 1.807) is 13.0 Å². The maximum atomic E-state index is 12.9. The van der Waals surface area contributed by atoms with Gasteiger partial charge in [0.25, 0.3) is 0 Å². The van der Waals surface area contributed by atoms with Crippen molar-refractivity contribution in [2.24, 2.45) is 0 Å². The number of hydrogen-bond acceptors (Lipinski definition) is 4. The normalized spacial score (nSPS) is 13.4. The van der Waals surface area contributed by atoms with Gasteiger partial charge in [-0.1, -0.05) is 24.3 Å². The SMILES string of the molecule is CCOc1ccc([C@H](C)NC(=O)[C@@H](C)N(c2cc(C)ccc2C)S(C)(=O)=O)cc1. The van der Waals surface area contributed by atoms with E-state index in [2.05, 4.69) is 5.32 Å². The number of aryl methyl sites for hydroxylation is 2. The number of hydrogen-bond donors (Lipinski definition) is 1. The van der Waals surface area contributed by atoms with Crippen LogP contribution in [0, 0.1) is 13.8 Å². The highest BCUT2D eigenvalue weighted by Crippen LogP contribution is 2.27. The minimum Gasteiger partial charge on any atom is -0.494 e. The number of ether oxygens (including phenoxy) is 1. The fourth-order valence-corrected chi connectivity index (χ4v) is 4.40. The van der Waals surface area contributed by atoms with Crippen molar-refractivity contribution in [1.82, 2.24) is 5.32 Å². The topological polar surface area (TPSA) is 75.7 Å². The van der Waals surface area contributed by atoms with Gasteiger partial charge in [0.05, 0.1) is 24.6 Å². The van der Waals surface area contributed by atoms with Crippen molar-refractivity contribution < 1.29 is 17.9 Å². The van der Waals surface area contributed by atoms with Crippen molar-refractivity contribution in [3.63, 3.8) is 0 Å². The van der Waals surface area contributed by atoms with Gasteiger partial charge in [0.15, 0.2) is 0 Å². The largest absolute Gasteiger partial charge is 0.494 e. The molecule has 0 unspecified atom stereocenters. The third-order valence-electron chi connectivity index (χ3n) is 4.74. The van der Waals surface area contributed by atoms with Gasteiger partial charge in [-0.3, -0.25) is 9.10 Å². The van der Waals surface area contributed by atoms with Gasteiger partial charge >= 0.3 is 0 Å². The molecule has 0 fully saturated rings. The molecule has 0 spiro atoms. The molecule has 2 aromatic rings. The second-order valence-electron chi connectivity index (χ2n) is 7.26. The highest BCUT2D eigenvalue weighted by Gasteiger charge is 2.30. The van der Waals surface area contributed by atoms with Gasteiger partial charge in [0, 0.05) is 0 Å². The second kappa shape index (κ2) is 9.31. The molecule has 29 heavy (non-hydrogen) atoms. The highest BCUT2D eigenvalue weighted by atomic mass is 32.2. The summed E-state index contributed by atoms with van der Waals surface area (Å²) < 4.78 is 31.7. The van der Waals surface area contributed by atoms with Gasteiger partial charge in [-0.05, 0) is 69.5 Å². The van der Waals surface area contributed by atoms with Crippen molar-refractivity contribution in [2.75, 3.05) is 17.2 Å². The summed E-state index contributed by atoms with van der Waals surface area (Å²) in [6.45, 7) is 9.69. The Kier molecular flexibility index (Phi) is 7.30. The molecule has 1 N–H and O–H groups in total. The lowest BCUT2D eigenvalue weighted by atomic mass is 10.1. The van der Waals surface area contributed by atoms with Crippen LogP contribution in [0.1, 0.15) is 43.5 Å². The predicted octanol–water partition coefficient (Wildman–Crippen LogP) is 3.73. The molecule has 0 aliphatic rings. The Morgan fingerprint density at radius 1 is 1.10 bits per heavy atom. The Morgan fingerprint density at radius 3 is 2.28 bits per heavy atom.